The predicted octanol–water partition coefficient (Wildman–Crippen LogP) is 3.69. The van der Waals surface area contributed by atoms with Gasteiger partial charge in [-0.3, -0.25) is 0 Å². The summed E-state index contributed by atoms with van der Waals surface area (Å²) in [5.74, 6) is 0. The second-order valence-electron chi connectivity index (χ2n) is 2.44. The molecule has 0 fully saturated rings. The van der Waals surface area contributed by atoms with Crippen LogP contribution in [0.4, 0.5) is 0 Å². The molecule has 0 N–H and O–H groups in total. The Balaban J connectivity index is 2.43. The van der Waals surface area contributed by atoms with Crippen LogP contribution in [0.2, 0.25) is 0 Å². The maximum absolute atomic E-state index is 3.20. The fraction of sp³-hybridized carbons (Fsp3) is 0.0909. The molecule has 0 atom stereocenters. The summed E-state index contributed by atoms with van der Waals surface area (Å²) in [6, 6.07) is 10.4. The number of halogens is 1. The molecule has 1 heteroatoms. The van der Waals surface area contributed by atoms with Crippen LogP contribution in [-0.4, -0.2) is 0 Å². The lowest BCUT2D eigenvalue weighted by molar-refractivity contribution is 1.27. The van der Waals surface area contributed by atoms with Crippen molar-refractivity contribution < 1.29 is 0 Å². The molecule has 12 heavy (non-hydrogen) atoms. The highest BCUT2D eigenvalue weighted by molar-refractivity contribution is 9.11. The molecule has 0 aromatic heterocycles. The lowest BCUT2D eigenvalue weighted by Gasteiger charge is -1.92. The van der Waals surface area contributed by atoms with Crippen molar-refractivity contribution in [1.29, 1.82) is 0 Å². The maximum Gasteiger partial charge on any atom is -0.00943 e. The van der Waals surface area contributed by atoms with Crippen molar-refractivity contribution in [2.45, 2.75) is 6.42 Å². The minimum absolute atomic E-state index is 0.998. The first-order valence-corrected chi connectivity index (χ1v) is 4.81. The normalized spacial score (nSPS) is 11.4. The van der Waals surface area contributed by atoms with Crippen LogP contribution in [0.1, 0.15) is 5.56 Å². The highest BCUT2D eigenvalue weighted by Gasteiger charge is 1.83. The van der Waals surface area contributed by atoms with Gasteiger partial charge in [0.25, 0.3) is 0 Å². The van der Waals surface area contributed by atoms with Gasteiger partial charge in [0, 0.05) is 0 Å². The van der Waals surface area contributed by atoms with Crippen molar-refractivity contribution in [2.24, 2.45) is 0 Å². The summed E-state index contributed by atoms with van der Waals surface area (Å²) in [4.78, 5) is 1.84. The molecule has 0 aliphatic carbocycles. The second kappa shape index (κ2) is 5.78. The Morgan fingerprint density at radius 3 is 2.50 bits per heavy atom. The van der Waals surface area contributed by atoms with Crippen molar-refractivity contribution in [3.8, 4) is 0 Å². The fourth-order valence-electron chi connectivity index (χ4n) is 0.939. The van der Waals surface area contributed by atoms with Crippen LogP contribution < -0.4 is 0 Å². The second-order valence-corrected chi connectivity index (χ2v) is 2.96. The van der Waals surface area contributed by atoms with Crippen molar-refractivity contribution in [3.05, 3.63) is 59.1 Å². The van der Waals surface area contributed by atoms with E-state index in [9.17, 15) is 0 Å². The van der Waals surface area contributed by atoms with Crippen LogP contribution in [0.25, 0.3) is 0 Å². The zero-order valence-corrected chi connectivity index (χ0v) is 8.37. The third-order valence-corrected chi connectivity index (χ3v) is 1.82. The van der Waals surface area contributed by atoms with E-state index in [4.69, 9.17) is 0 Å². The van der Waals surface area contributed by atoms with Gasteiger partial charge in [-0.25, -0.2) is 0 Å². The summed E-state index contributed by atoms with van der Waals surface area (Å²) < 4.78 is 0. The molecular formula is C11H11Br. The van der Waals surface area contributed by atoms with Gasteiger partial charge in [-0.1, -0.05) is 64.5 Å². The van der Waals surface area contributed by atoms with E-state index in [0.29, 0.717) is 0 Å². The first-order chi connectivity index (χ1) is 5.93. The first-order valence-electron chi connectivity index (χ1n) is 3.89. The SMILES string of the molecule is BrC=CC=CCc1ccccc1. The zero-order chi connectivity index (χ0) is 8.65. The molecule has 0 spiro atoms. The number of hydrogen-bond donors (Lipinski definition) is 0. The van der Waals surface area contributed by atoms with E-state index in [-0.39, 0.29) is 0 Å². The van der Waals surface area contributed by atoms with Gasteiger partial charge in [0.1, 0.15) is 0 Å². The van der Waals surface area contributed by atoms with Crippen LogP contribution in [0.15, 0.2) is 53.5 Å². The van der Waals surface area contributed by atoms with E-state index >= 15 is 0 Å². The van der Waals surface area contributed by atoms with Gasteiger partial charge in [-0.2, -0.15) is 0 Å². The van der Waals surface area contributed by atoms with Crippen molar-refractivity contribution in [3.63, 3.8) is 0 Å². The topological polar surface area (TPSA) is 0 Å². The van der Waals surface area contributed by atoms with Crippen molar-refractivity contribution >= 4 is 15.9 Å². The number of rotatable bonds is 3. The third kappa shape index (κ3) is 3.54. The summed E-state index contributed by atoms with van der Waals surface area (Å²) in [5, 5.41) is 0. The summed E-state index contributed by atoms with van der Waals surface area (Å²) in [5.41, 5.74) is 1.34. The van der Waals surface area contributed by atoms with Crippen LogP contribution >= 0.6 is 15.9 Å². The van der Waals surface area contributed by atoms with Crippen LogP contribution in [0, 0.1) is 0 Å². The molecule has 0 unspecified atom stereocenters. The van der Waals surface area contributed by atoms with Crippen LogP contribution in [0.5, 0.6) is 0 Å². The van der Waals surface area contributed by atoms with Crippen molar-refractivity contribution in [2.75, 3.05) is 0 Å². The van der Waals surface area contributed by atoms with Crippen LogP contribution in [0.3, 0.4) is 0 Å². The zero-order valence-electron chi connectivity index (χ0n) is 6.78. The van der Waals surface area contributed by atoms with Crippen molar-refractivity contribution in [1.82, 2.24) is 0 Å². The molecule has 0 amide bonds. The minimum Gasteiger partial charge on any atom is -0.0801 e. The highest BCUT2D eigenvalue weighted by atomic mass is 79.9. The van der Waals surface area contributed by atoms with E-state index < -0.39 is 0 Å². The summed E-state index contributed by atoms with van der Waals surface area (Å²) in [6.07, 6.45) is 7.12. The molecule has 0 aliphatic rings. The Morgan fingerprint density at radius 1 is 1.08 bits per heavy atom. The molecule has 1 aromatic rings. The highest BCUT2D eigenvalue weighted by Crippen LogP contribution is 2.00. The lowest BCUT2D eigenvalue weighted by Crippen LogP contribution is -1.77. The van der Waals surface area contributed by atoms with Gasteiger partial charge in [-0.05, 0) is 17.0 Å². The predicted molar refractivity (Wildman–Crippen MR) is 57.4 cm³/mol. The first kappa shape index (κ1) is 9.27. The smallest absolute Gasteiger partial charge is 0.00943 e. The molecule has 1 rings (SSSR count). The molecular weight excluding hydrogens is 212 g/mol. The van der Waals surface area contributed by atoms with Gasteiger partial charge >= 0.3 is 0 Å². The molecule has 1 aromatic carbocycles. The Hall–Kier alpha value is -0.820. The Labute approximate surface area is 81.7 Å². The average Bonchev–Trinajstić information content (AvgIpc) is 2.14. The Morgan fingerprint density at radius 2 is 1.83 bits per heavy atom. The summed E-state index contributed by atoms with van der Waals surface area (Å²) in [6.45, 7) is 0. The molecule has 0 bridgehead atoms. The van der Waals surface area contributed by atoms with E-state index in [1.165, 1.54) is 5.56 Å². The fourth-order valence-corrected chi connectivity index (χ4v) is 1.12. The average molecular weight is 223 g/mol. The van der Waals surface area contributed by atoms with E-state index in [0.717, 1.165) is 6.42 Å². The molecule has 0 radical (unpaired) electrons. The quantitative estimate of drug-likeness (QED) is 0.685. The Bertz CT molecular complexity index is 260. The van der Waals surface area contributed by atoms with Gasteiger partial charge in [-0.15, -0.1) is 0 Å². The van der Waals surface area contributed by atoms with Gasteiger partial charge < -0.3 is 0 Å². The molecule has 62 valence electrons. The third-order valence-electron chi connectivity index (χ3n) is 1.52. The number of hydrogen-bond acceptors (Lipinski definition) is 0. The van der Waals surface area contributed by atoms with Gasteiger partial charge in [0.2, 0.25) is 0 Å². The van der Waals surface area contributed by atoms with Crippen LogP contribution in [-0.2, 0) is 6.42 Å². The minimum atomic E-state index is 0.998. The summed E-state index contributed by atoms with van der Waals surface area (Å²) >= 11 is 3.20. The molecule has 0 heterocycles. The lowest BCUT2D eigenvalue weighted by atomic mass is 10.1. The van der Waals surface area contributed by atoms with Gasteiger partial charge in [0.05, 0.1) is 0 Å². The van der Waals surface area contributed by atoms with Gasteiger partial charge in [0.15, 0.2) is 0 Å². The van der Waals surface area contributed by atoms with E-state index in [1.807, 2.05) is 23.2 Å². The number of allylic oxidation sites excluding steroid dienone is 3. The largest absolute Gasteiger partial charge is 0.0801 e. The van der Waals surface area contributed by atoms with E-state index in [2.05, 4.69) is 46.3 Å². The monoisotopic (exact) mass is 222 g/mol. The Kier molecular flexibility index (Phi) is 4.47. The maximum atomic E-state index is 3.20. The molecule has 0 aliphatic heterocycles. The number of benzene rings is 1. The molecule has 0 nitrogen and oxygen atoms in total. The molecule has 0 saturated heterocycles. The standard InChI is InChI=1S/C11H11Br/c12-10-6-2-5-9-11-7-3-1-4-8-11/h1-8,10H,9H2. The summed E-state index contributed by atoms with van der Waals surface area (Å²) in [7, 11) is 0. The van der Waals surface area contributed by atoms with E-state index in [1.54, 1.807) is 0 Å². The molecule has 0 saturated carbocycles.